The van der Waals surface area contributed by atoms with Gasteiger partial charge in [-0.3, -0.25) is 4.79 Å². The maximum Gasteiger partial charge on any atom is 0.270 e. The van der Waals surface area contributed by atoms with Crippen LogP contribution in [0.1, 0.15) is 10.5 Å². The second kappa shape index (κ2) is 6.86. The molecule has 0 radical (unpaired) electrons. The average Bonchev–Trinajstić information content (AvgIpc) is 2.48. The van der Waals surface area contributed by atoms with E-state index in [2.05, 4.69) is 38.1 Å². The minimum absolute atomic E-state index is 0.211. The number of pyridine rings is 1. The van der Waals surface area contributed by atoms with Crippen molar-refractivity contribution in [1.29, 1.82) is 0 Å². The largest absolute Gasteiger partial charge is 0.353 e. The van der Waals surface area contributed by atoms with Crippen LogP contribution in [0.5, 0.6) is 0 Å². The predicted molar refractivity (Wildman–Crippen MR) is 84.2 cm³/mol. The molecule has 0 spiro atoms. The van der Waals surface area contributed by atoms with Gasteiger partial charge < -0.3 is 10.6 Å². The summed E-state index contributed by atoms with van der Waals surface area (Å²) in [5.41, 5.74) is 2.14. The van der Waals surface area contributed by atoms with Gasteiger partial charge in [0, 0.05) is 11.0 Å². The second-order valence-corrected chi connectivity index (χ2v) is 4.89. The molecule has 1 aromatic heterocycles. The van der Waals surface area contributed by atoms with Crippen molar-refractivity contribution in [2.75, 3.05) is 11.9 Å². The number of anilines is 2. The van der Waals surface area contributed by atoms with Gasteiger partial charge in [-0.25, -0.2) is 4.98 Å². The number of para-hydroxylation sites is 1. The molecule has 0 aliphatic carbocycles. The van der Waals surface area contributed by atoms with Crippen LogP contribution in [0.15, 0.2) is 59.7 Å². The first kappa shape index (κ1) is 14.3. The molecule has 1 heterocycles. The number of nitrogens with zero attached hydrogens (tertiary/aromatic N) is 1. The zero-order valence-electron chi connectivity index (χ0n) is 10.8. The number of hydrogen-bond donors (Lipinski definition) is 2. The Kier molecular flexibility index (Phi) is 4.90. The van der Waals surface area contributed by atoms with Crippen LogP contribution >= 0.6 is 15.9 Å². The maximum atomic E-state index is 11.7. The Balaban J connectivity index is 2.07. The molecule has 0 saturated heterocycles. The van der Waals surface area contributed by atoms with Gasteiger partial charge in [-0.15, -0.1) is 6.58 Å². The van der Waals surface area contributed by atoms with Gasteiger partial charge >= 0.3 is 0 Å². The first-order valence-corrected chi connectivity index (χ1v) is 6.86. The lowest BCUT2D eigenvalue weighted by atomic mass is 10.3. The van der Waals surface area contributed by atoms with E-state index in [-0.39, 0.29) is 5.91 Å². The van der Waals surface area contributed by atoms with Gasteiger partial charge in [-0.2, -0.15) is 0 Å². The third kappa shape index (κ3) is 3.68. The fraction of sp³-hybridized carbons (Fsp3) is 0.0667. The van der Waals surface area contributed by atoms with E-state index >= 15 is 0 Å². The third-order valence-electron chi connectivity index (χ3n) is 2.56. The number of nitrogens with one attached hydrogen (secondary N) is 2. The van der Waals surface area contributed by atoms with Crippen molar-refractivity contribution in [2.24, 2.45) is 0 Å². The summed E-state index contributed by atoms with van der Waals surface area (Å²) >= 11 is 3.46. The van der Waals surface area contributed by atoms with Crippen molar-refractivity contribution >= 4 is 33.2 Å². The van der Waals surface area contributed by atoms with E-state index in [9.17, 15) is 4.79 Å². The highest BCUT2D eigenvalue weighted by Crippen LogP contribution is 2.24. The number of benzene rings is 1. The molecule has 4 nitrogen and oxygen atoms in total. The summed E-state index contributed by atoms with van der Waals surface area (Å²) < 4.78 is 0.966. The number of rotatable bonds is 5. The van der Waals surface area contributed by atoms with E-state index in [1.807, 2.05) is 30.3 Å². The fourth-order valence-corrected chi connectivity index (χ4v) is 1.96. The van der Waals surface area contributed by atoms with Crippen molar-refractivity contribution < 1.29 is 4.79 Å². The predicted octanol–water partition coefficient (Wildman–Crippen LogP) is 3.50. The van der Waals surface area contributed by atoms with Gasteiger partial charge in [0.15, 0.2) is 0 Å². The number of carbonyl (C=O) groups is 1. The minimum Gasteiger partial charge on any atom is -0.353 e. The molecule has 102 valence electrons. The fourth-order valence-electron chi connectivity index (χ4n) is 1.58. The lowest BCUT2D eigenvalue weighted by Gasteiger charge is -2.08. The molecule has 1 aromatic carbocycles. The number of hydrogen-bond acceptors (Lipinski definition) is 3. The lowest BCUT2D eigenvalue weighted by molar-refractivity contribution is 0.0953. The molecular weight excluding hydrogens is 318 g/mol. The summed E-state index contributed by atoms with van der Waals surface area (Å²) in [7, 11) is 0. The lowest BCUT2D eigenvalue weighted by Crippen LogP contribution is -2.24. The Morgan fingerprint density at radius 2 is 2.10 bits per heavy atom. The van der Waals surface area contributed by atoms with E-state index in [4.69, 9.17) is 0 Å². The summed E-state index contributed by atoms with van der Waals surface area (Å²) in [4.78, 5) is 15.8. The molecule has 5 heteroatoms. The summed E-state index contributed by atoms with van der Waals surface area (Å²) in [5, 5.41) is 5.90. The van der Waals surface area contributed by atoms with Gasteiger partial charge in [0.25, 0.3) is 5.91 Å². The number of halogens is 1. The van der Waals surface area contributed by atoms with E-state index in [0.717, 1.165) is 15.8 Å². The topological polar surface area (TPSA) is 54.0 Å². The summed E-state index contributed by atoms with van der Waals surface area (Å²) in [5.74, 6) is -0.211. The second-order valence-electron chi connectivity index (χ2n) is 4.04. The quantitative estimate of drug-likeness (QED) is 0.824. The zero-order chi connectivity index (χ0) is 14.4. The van der Waals surface area contributed by atoms with Gasteiger partial charge in [0.05, 0.1) is 17.6 Å². The van der Waals surface area contributed by atoms with Crippen molar-refractivity contribution in [3.63, 3.8) is 0 Å². The summed E-state index contributed by atoms with van der Waals surface area (Å²) in [6, 6.07) is 11.3. The molecule has 0 aliphatic rings. The Hall–Kier alpha value is -2.14. The molecule has 2 N–H and O–H groups in total. The van der Waals surface area contributed by atoms with Crippen LogP contribution < -0.4 is 10.6 Å². The molecule has 0 bridgehead atoms. The molecule has 1 amide bonds. The van der Waals surface area contributed by atoms with Crippen LogP contribution in [-0.4, -0.2) is 17.4 Å². The Bertz CT molecular complexity index is 611. The maximum absolute atomic E-state index is 11.7. The summed E-state index contributed by atoms with van der Waals surface area (Å²) in [6.45, 7) is 3.97. The van der Waals surface area contributed by atoms with Gasteiger partial charge in [0.1, 0.15) is 5.69 Å². The third-order valence-corrected chi connectivity index (χ3v) is 3.25. The van der Waals surface area contributed by atoms with E-state index in [1.54, 1.807) is 18.3 Å². The molecule has 0 fully saturated rings. The first-order chi connectivity index (χ1) is 9.70. The highest BCUT2D eigenvalue weighted by molar-refractivity contribution is 9.10. The number of amides is 1. The highest BCUT2D eigenvalue weighted by atomic mass is 79.9. The van der Waals surface area contributed by atoms with Crippen LogP contribution in [0.25, 0.3) is 0 Å². The molecule has 0 atom stereocenters. The molecule has 20 heavy (non-hydrogen) atoms. The van der Waals surface area contributed by atoms with Crippen molar-refractivity contribution in [3.8, 4) is 0 Å². The minimum atomic E-state index is -0.211. The summed E-state index contributed by atoms with van der Waals surface area (Å²) in [6.07, 6.45) is 3.25. The Morgan fingerprint density at radius 1 is 1.30 bits per heavy atom. The van der Waals surface area contributed by atoms with Crippen LogP contribution in [0.4, 0.5) is 11.4 Å². The molecule has 0 saturated carbocycles. The van der Waals surface area contributed by atoms with Crippen molar-refractivity contribution in [1.82, 2.24) is 10.3 Å². The number of aromatic nitrogens is 1. The smallest absolute Gasteiger partial charge is 0.270 e. The van der Waals surface area contributed by atoms with Crippen molar-refractivity contribution in [3.05, 3.63) is 65.4 Å². The van der Waals surface area contributed by atoms with Crippen LogP contribution in [0.2, 0.25) is 0 Å². The standard InChI is InChI=1S/C15H14BrN3O/c1-2-9-17-15(20)14-8-7-11(10-18-14)19-13-6-4-3-5-12(13)16/h2-8,10,19H,1,9H2,(H,17,20). The van der Waals surface area contributed by atoms with Gasteiger partial charge in [-0.1, -0.05) is 18.2 Å². The molecular formula is C15H14BrN3O. The van der Waals surface area contributed by atoms with Gasteiger partial charge in [0.2, 0.25) is 0 Å². The van der Waals surface area contributed by atoms with E-state index in [1.165, 1.54) is 0 Å². The normalized spacial score (nSPS) is 9.85. The first-order valence-electron chi connectivity index (χ1n) is 6.07. The van der Waals surface area contributed by atoms with Crippen molar-refractivity contribution in [2.45, 2.75) is 0 Å². The molecule has 0 aliphatic heterocycles. The Labute approximate surface area is 126 Å². The molecule has 0 unspecified atom stereocenters. The Morgan fingerprint density at radius 3 is 2.75 bits per heavy atom. The number of carbonyl (C=O) groups excluding carboxylic acids is 1. The molecule has 2 rings (SSSR count). The zero-order valence-corrected chi connectivity index (χ0v) is 12.4. The average molecular weight is 332 g/mol. The van der Waals surface area contributed by atoms with E-state index in [0.29, 0.717) is 12.2 Å². The SMILES string of the molecule is C=CCNC(=O)c1ccc(Nc2ccccc2Br)cn1. The van der Waals surface area contributed by atoms with Crippen LogP contribution in [0.3, 0.4) is 0 Å². The van der Waals surface area contributed by atoms with Crippen LogP contribution in [0, 0.1) is 0 Å². The van der Waals surface area contributed by atoms with Crippen LogP contribution in [-0.2, 0) is 0 Å². The van der Waals surface area contributed by atoms with E-state index < -0.39 is 0 Å². The van der Waals surface area contributed by atoms with Gasteiger partial charge in [-0.05, 0) is 40.2 Å². The molecule has 2 aromatic rings. The highest BCUT2D eigenvalue weighted by Gasteiger charge is 2.06. The monoisotopic (exact) mass is 331 g/mol.